The molecule has 0 unspecified atom stereocenters. The van der Waals surface area contributed by atoms with Gasteiger partial charge in [0.2, 0.25) is 5.95 Å². The molecule has 3 rings (SSSR count). The van der Waals surface area contributed by atoms with Gasteiger partial charge < -0.3 is 15.2 Å². The average Bonchev–Trinajstić information content (AvgIpc) is 2.84. The van der Waals surface area contributed by atoms with E-state index >= 15 is 0 Å². The highest BCUT2D eigenvalue weighted by atomic mass is 15.2. The number of piperidine rings is 1. The third-order valence-corrected chi connectivity index (χ3v) is 3.83. The van der Waals surface area contributed by atoms with E-state index in [2.05, 4.69) is 24.4 Å². The highest BCUT2D eigenvalue weighted by Crippen LogP contribution is 2.28. The molecular weight excluding hydrogens is 252 g/mol. The summed E-state index contributed by atoms with van der Waals surface area (Å²) in [4.78, 5) is 15.3. The molecule has 1 aliphatic rings. The Morgan fingerprint density at radius 2 is 2.20 bits per heavy atom. The van der Waals surface area contributed by atoms with Crippen LogP contribution in [-0.2, 0) is 7.05 Å². The van der Waals surface area contributed by atoms with Crippen molar-refractivity contribution in [3.63, 3.8) is 0 Å². The molecule has 0 saturated carbocycles. The lowest BCUT2D eigenvalue weighted by Crippen LogP contribution is -2.36. The van der Waals surface area contributed by atoms with Crippen molar-refractivity contribution in [2.75, 3.05) is 23.7 Å². The maximum Gasteiger partial charge on any atom is 0.222 e. The summed E-state index contributed by atoms with van der Waals surface area (Å²) in [5.74, 6) is 2.86. The number of nitrogens with two attached hydrogens (primary N) is 1. The van der Waals surface area contributed by atoms with Gasteiger partial charge in [0, 0.05) is 50.2 Å². The molecule has 1 aliphatic heterocycles. The van der Waals surface area contributed by atoms with Gasteiger partial charge in [-0.15, -0.1) is 0 Å². The summed E-state index contributed by atoms with van der Waals surface area (Å²) in [6, 6.07) is 2.00. The Morgan fingerprint density at radius 3 is 2.90 bits per heavy atom. The van der Waals surface area contributed by atoms with Crippen LogP contribution in [0.5, 0.6) is 0 Å². The van der Waals surface area contributed by atoms with E-state index in [9.17, 15) is 0 Å². The van der Waals surface area contributed by atoms with E-state index in [4.69, 9.17) is 5.73 Å². The topological polar surface area (TPSA) is 72.9 Å². The predicted molar refractivity (Wildman–Crippen MR) is 78.6 cm³/mol. The van der Waals surface area contributed by atoms with Crippen LogP contribution in [0, 0.1) is 6.92 Å². The lowest BCUT2D eigenvalue weighted by Gasteiger charge is -2.33. The molecule has 0 bridgehead atoms. The number of hydrogen-bond donors (Lipinski definition) is 1. The van der Waals surface area contributed by atoms with Crippen LogP contribution >= 0.6 is 0 Å². The van der Waals surface area contributed by atoms with Gasteiger partial charge in [-0.05, 0) is 19.8 Å². The number of anilines is 2. The third-order valence-electron chi connectivity index (χ3n) is 3.83. The number of rotatable bonds is 2. The first kappa shape index (κ1) is 12.9. The van der Waals surface area contributed by atoms with Crippen LogP contribution in [0.4, 0.5) is 11.8 Å². The molecule has 0 amide bonds. The van der Waals surface area contributed by atoms with E-state index in [1.807, 2.05) is 32.4 Å². The summed E-state index contributed by atoms with van der Waals surface area (Å²) < 4.78 is 2.10. The first-order chi connectivity index (χ1) is 9.63. The Morgan fingerprint density at radius 1 is 1.35 bits per heavy atom. The molecule has 2 aromatic heterocycles. The second-order valence-electron chi connectivity index (χ2n) is 5.41. The number of nitrogen functional groups attached to an aromatic ring is 1. The minimum absolute atomic E-state index is 0.346. The minimum atomic E-state index is 0.346. The zero-order chi connectivity index (χ0) is 14.1. The molecule has 6 heteroatoms. The maximum absolute atomic E-state index is 5.75. The monoisotopic (exact) mass is 272 g/mol. The maximum atomic E-state index is 5.75. The highest BCUT2D eigenvalue weighted by molar-refractivity contribution is 5.44. The van der Waals surface area contributed by atoms with Crippen LogP contribution in [0.25, 0.3) is 0 Å². The van der Waals surface area contributed by atoms with Gasteiger partial charge in [0.05, 0.1) is 0 Å². The standard InChI is InChI=1S/C14H20N6/c1-10-8-12(18-14(15)17-10)20-6-3-4-11(9-20)13-16-5-7-19(13)2/h5,7-8,11H,3-4,6,9H2,1-2H3,(H2,15,17,18)/t11-/m0/s1. The van der Waals surface area contributed by atoms with Crippen LogP contribution in [0.2, 0.25) is 0 Å². The van der Waals surface area contributed by atoms with Crippen molar-refractivity contribution >= 4 is 11.8 Å². The molecule has 2 aromatic rings. The van der Waals surface area contributed by atoms with E-state index in [1.54, 1.807) is 0 Å². The fraction of sp³-hybridized carbons (Fsp3) is 0.500. The third kappa shape index (κ3) is 2.45. The second kappa shape index (κ2) is 5.11. The minimum Gasteiger partial charge on any atom is -0.368 e. The number of nitrogens with zero attached hydrogens (tertiary/aromatic N) is 5. The molecule has 0 radical (unpaired) electrons. The molecular formula is C14H20N6. The van der Waals surface area contributed by atoms with Crippen molar-refractivity contribution in [3.05, 3.63) is 30.0 Å². The molecule has 1 fully saturated rings. The van der Waals surface area contributed by atoms with E-state index in [1.165, 1.54) is 6.42 Å². The van der Waals surface area contributed by atoms with Gasteiger partial charge in [-0.25, -0.2) is 9.97 Å². The zero-order valence-electron chi connectivity index (χ0n) is 12.0. The summed E-state index contributed by atoms with van der Waals surface area (Å²) in [6.07, 6.45) is 6.17. The molecule has 106 valence electrons. The van der Waals surface area contributed by atoms with Crippen molar-refractivity contribution in [3.8, 4) is 0 Å². The lowest BCUT2D eigenvalue weighted by molar-refractivity contribution is 0.479. The first-order valence-electron chi connectivity index (χ1n) is 6.97. The van der Waals surface area contributed by atoms with Crippen molar-refractivity contribution in [2.45, 2.75) is 25.7 Å². The van der Waals surface area contributed by atoms with Crippen molar-refractivity contribution in [1.82, 2.24) is 19.5 Å². The quantitative estimate of drug-likeness (QED) is 0.896. The molecule has 3 heterocycles. The molecule has 1 atom stereocenters. The molecule has 0 aliphatic carbocycles. The van der Waals surface area contributed by atoms with Crippen LogP contribution < -0.4 is 10.6 Å². The van der Waals surface area contributed by atoms with Crippen LogP contribution in [0.1, 0.15) is 30.3 Å². The normalized spacial score (nSPS) is 19.3. The van der Waals surface area contributed by atoms with Gasteiger partial charge in [-0.2, -0.15) is 4.98 Å². The number of imidazole rings is 1. The van der Waals surface area contributed by atoms with E-state index in [0.717, 1.165) is 36.8 Å². The summed E-state index contributed by atoms with van der Waals surface area (Å²) in [6.45, 7) is 3.89. The molecule has 20 heavy (non-hydrogen) atoms. The molecule has 2 N–H and O–H groups in total. The van der Waals surface area contributed by atoms with Gasteiger partial charge in [-0.3, -0.25) is 0 Å². The van der Waals surface area contributed by atoms with E-state index in [-0.39, 0.29) is 0 Å². The Kier molecular flexibility index (Phi) is 3.30. The smallest absolute Gasteiger partial charge is 0.222 e. The predicted octanol–water partition coefficient (Wildman–Crippen LogP) is 1.48. The fourth-order valence-corrected chi connectivity index (χ4v) is 2.90. The summed E-state index contributed by atoms with van der Waals surface area (Å²) in [5, 5.41) is 0. The highest BCUT2D eigenvalue weighted by Gasteiger charge is 2.25. The van der Waals surface area contributed by atoms with E-state index in [0.29, 0.717) is 11.9 Å². The van der Waals surface area contributed by atoms with Crippen LogP contribution in [-0.4, -0.2) is 32.6 Å². The fourth-order valence-electron chi connectivity index (χ4n) is 2.90. The Balaban J connectivity index is 1.83. The van der Waals surface area contributed by atoms with Gasteiger partial charge in [0.1, 0.15) is 11.6 Å². The molecule has 0 aromatic carbocycles. The number of hydrogen-bond acceptors (Lipinski definition) is 5. The molecule has 0 spiro atoms. The van der Waals surface area contributed by atoms with Gasteiger partial charge >= 0.3 is 0 Å². The van der Waals surface area contributed by atoms with Crippen molar-refractivity contribution in [1.29, 1.82) is 0 Å². The first-order valence-corrected chi connectivity index (χ1v) is 6.97. The number of aryl methyl sites for hydroxylation is 2. The Bertz CT molecular complexity index is 585. The summed E-state index contributed by atoms with van der Waals surface area (Å²) in [7, 11) is 2.05. The summed E-state index contributed by atoms with van der Waals surface area (Å²) in [5.41, 5.74) is 6.66. The van der Waals surface area contributed by atoms with Crippen molar-refractivity contribution in [2.24, 2.45) is 7.05 Å². The van der Waals surface area contributed by atoms with Gasteiger partial charge in [0.25, 0.3) is 0 Å². The van der Waals surface area contributed by atoms with Crippen LogP contribution in [0.15, 0.2) is 18.5 Å². The van der Waals surface area contributed by atoms with Gasteiger partial charge in [-0.1, -0.05) is 0 Å². The lowest BCUT2D eigenvalue weighted by atomic mass is 9.97. The van der Waals surface area contributed by atoms with Crippen LogP contribution in [0.3, 0.4) is 0 Å². The largest absolute Gasteiger partial charge is 0.368 e. The number of aromatic nitrogens is 4. The second-order valence-corrected chi connectivity index (χ2v) is 5.41. The Labute approximate surface area is 118 Å². The molecule has 6 nitrogen and oxygen atoms in total. The SMILES string of the molecule is Cc1cc(N2CCC[C@H](c3nccn3C)C2)nc(N)n1. The summed E-state index contributed by atoms with van der Waals surface area (Å²) >= 11 is 0. The Hall–Kier alpha value is -2.11. The van der Waals surface area contributed by atoms with Gasteiger partial charge in [0.15, 0.2) is 0 Å². The van der Waals surface area contributed by atoms with Crippen molar-refractivity contribution < 1.29 is 0 Å². The average molecular weight is 272 g/mol. The molecule has 1 saturated heterocycles. The van der Waals surface area contributed by atoms with E-state index < -0.39 is 0 Å². The zero-order valence-corrected chi connectivity index (χ0v) is 12.0.